The summed E-state index contributed by atoms with van der Waals surface area (Å²) in [4.78, 5) is 0. The first-order valence-corrected chi connectivity index (χ1v) is 5.85. The van der Waals surface area contributed by atoms with Gasteiger partial charge in [-0.1, -0.05) is 56.6 Å². The van der Waals surface area contributed by atoms with Crippen LogP contribution >= 0.6 is 11.6 Å². The van der Waals surface area contributed by atoms with Gasteiger partial charge in [-0.25, -0.2) is 0 Å². The molecular formula is C14H17Cl. The van der Waals surface area contributed by atoms with Gasteiger partial charge in [0, 0.05) is 5.02 Å². The second-order valence-corrected chi connectivity index (χ2v) is 3.62. The molecule has 0 nitrogen and oxygen atoms in total. The largest absolute Gasteiger partial charge is 0.0843 e. The molecule has 0 saturated carbocycles. The molecule has 80 valence electrons. The van der Waals surface area contributed by atoms with E-state index in [9.17, 15) is 0 Å². The van der Waals surface area contributed by atoms with E-state index in [2.05, 4.69) is 31.2 Å². The zero-order valence-corrected chi connectivity index (χ0v) is 10.3. The molecular weight excluding hydrogens is 204 g/mol. The van der Waals surface area contributed by atoms with Crippen molar-refractivity contribution in [1.82, 2.24) is 0 Å². The Morgan fingerprint density at radius 1 is 0.933 bits per heavy atom. The van der Waals surface area contributed by atoms with E-state index in [0.29, 0.717) is 0 Å². The third-order valence-electron chi connectivity index (χ3n) is 2.27. The Kier molecular flexibility index (Phi) is 4.64. The van der Waals surface area contributed by atoms with E-state index in [4.69, 9.17) is 11.6 Å². The van der Waals surface area contributed by atoms with Crippen LogP contribution in [0.5, 0.6) is 0 Å². The highest BCUT2D eigenvalue weighted by atomic mass is 35.5. The SMILES string of the molecule is CC.CCc1ccc2ccc(Cl)cc2c1. The van der Waals surface area contributed by atoms with E-state index >= 15 is 0 Å². The Labute approximate surface area is 96.9 Å². The molecule has 0 saturated heterocycles. The van der Waals surface area contributed by atoms with Gasteiger partial charge in [-0.05, 0) is 34.9 Å². The first-order valence-electron chi connectivity index (χ1n) is 5.48. The second kappa shape index (κ2) is 5.77. The van der Waals surface area contributed by atoms with Crippen LogP contribution in [0.25, 0.3) is 10.8 Å². The average Bonchev–Trinajstić information content (AvgIpc) is 2.30. The van der Waals surface area contributed by atoms with Crippen molar-refractivity contribution in [3.05, 3.63) is 47.0 Å². The summed E-state index contributed by atoms with van der Waals surface area (Å²) >= 11 is 5.91. The normalized spacial score (nSPS) is 9.60. The maximum Gasteiger partial charge on any atom is 0.0412 e. The average molecular weight is 221 g/mol. The van der Waals surface area contributed by atoms with Crippen LogP contribution in [0.2, 0.25) is 5.02 Å². The molecule has 15 heavy (non-hydrogen) atoms. The lowest BCUT2D eigenvalue weighted by atomic mass is 10.1. The Morgan fingerprint density at radius 2 is 1.60 bits per heavy atom. The van der Waals surface area contributed by atoms with Crippen molar-refractivity contribution >= 4 is 22.4 Å². The van der Waals surface area contributed by atoms with Crippen molar-refractivity contribution in [3.8, 4) is 0 Å². The quantitative estimate of drug-likeness (QED) is 0.629. The minimum atomic E-state index is 0.806. The summed E-state index contributed by atoms with van der Waals surface area (Å²) in [6, 6.07) is 12.5. The van der Waals surface area contributed by atoms with Crippen molar-refractivity contribution in [2.75, 3.05) is 0 Å². The van der Waals surface area contributed by atoms with Crippen molar-refractivity contribution in [1.29, 1.82) is 0 Å². The van der Waals surface area contributed by atoms with Gasteiger partial charge in [-0.15, -0.1) is 0 Å². The monoisotopic (exact) mass is 220 g/mol. The Hall–Kier alpha value is -1.01. The highest BCUT2D eigenvalue weighted by molar-refractivity contribution is 6.31. The summed E-state index contributed by atoms with van der Waals surface area (Å²) in [5, 5.41) is 3.29. The third-order valence-corrected chi connectivity index (χ3v) is 2.51. The number of aryl methyl sites for hydroxylation is 1. The van der Waals surface area contributed by atoms with Crippen molar-refractivity contribution in [2.24, 2.45) is 0 Å². The van der Waals surface area contributed by atoms with Crippen LogP contribution in [-0.4, -0.2) is 0 Å². The van der Waals surface area contributed by atoms with E-state index in [1.807, 2.05) is 26.0 Å². The Morgan fingerprint density at radius 3 is 2.27 bits per heavy atom. The van der Waals surface area contributed by atoms with Crippen LogP contribution in [0, 0.1) is 0 Å². The molecule has 0 aliphatic rings. The van der Waals surface area contributed by atoms with E-state index in [1.165, 1.54) is 16.3 Å². The van der Waals surface area contributed by atoms with Crippen LogP contribution < -0.4 is 0 Å². The Bertz CT molecular complexity index is 432. The number of fused-ring (bicyclic) bond motifs is 1. The fourth-order valence-electron chi connectivity index (χ4n) is 1.49. The summed E-state index contributed by atoms with van der Waals surface area (Å²) in [5.74, 6) is 0. The van der Waals surface area contributed by atoms with Crippen LogP contribution in [0.1, 0.15) is 26.3 Å². The van der Waals surface area contributed by atoms with Gasteiger partial charge in [-0.2, -0.15) is 0 Å². The molecule has 0 aliphatic heterocycles. The first-order chi connectivity index (χ1) is 7.29. The fourth-order valence-corrected chi connectivity index (χ4v) is 1.67. The molecule has 0 fully saturated rings. The maximum absolute atomic E-state index is 5.91. The molecule has 0 aromatic heterocycles. The number of hydrogen-bond donors (Lipinski definition) is 0. The fraction of sp³-hybridized carbons (Fsp3) is 0.286. The van der Waals surface area contributed by atoms with Gasteiger partial charge in [0.2, 0.25) is 0 Å². The summed E-state index contributed by atoms with van der Waals surface area (Å²) in [7, 11) is 0. The number of benzene rings is 2. The van der Waals surface area contributed by atoms with E-state index in [0.717, 1.165) is 11.4 Å². The van der Waals surface area contributed by atoms with Crippen LogP contribution in [-0.2, 0) is 6.42 Å². The molecule has 0 bridgehead atoms. The maximum atomic E-state index is 5.91. The second-order valence-electron chi connectivity index (χ2n) is 3.18. The number of rotatable bonds is 1. The van der Waals surface area contributed by atoms with E-state index < -0.39 is 0 Å². The summed E-state index contributed by atoms with van der Waals surface area (Å²) < 4.78 is 0. The predicted molar refractivity (Wildman–Crippen MR) is 69.7 cm³/mol. The van der Waals surface area contributed by atoms with Crippen molar-refractivity contribution < 1.29 is 0 Å². The van der Waals surface area contributed by atoms with Crippen molar-refractivity contribution in [3.63, 3.8) is 0 Å². The minimum Gasteiger partial charge on any atom is -0.0843 e. The predicted octanol–water partition coefficient (Wildman–Crippen LogP) is 5.08. The smallest absolute Gasteiger partial charge is 0.0412 e. The zero-order valence-electron chi connectivity index (χ0n) is 9.55. The lowest BCUT2D eigenvalue weighted by Crippen LogP contribution is -1.79. The molecule has 0 heterocycles. The zero-order chi connectivity index (χ0) is 11.3. The van der Waals surface area contributed by atoms with Crippen LogP contribution in [0.4, 0.5) is 0 Å². The van der Waals surface area contributed by atoms with Gasteiger partial charge in [-0.3, -0.25) is 0 Å². The Balaban J connectivity index is 0.000000531. The molecule has 0 amide bonds. The molecule has 2 aromatic rings. The summed E-state index contributed by atoms with van der Waals surface area (Å²) in [5.41, 5.74) is 1.36. The van der Waals surface area contributed by atoms with Gasteiger partial charge >= 0.3 is 0 Å². The number of halogens is 1. The summed E-state index contributed by atoms with van der Waals surface area (Å²) in [6.07, 6.45) is 1.07. The molecule has 0 radical (unpaired) electrons. The van der Waals surface area contributed by atoms with Gasteiger partial charge < -0.3 is 0 Å². The minimum absolute atomic E-state index is 0.806. The lowest BCUT2D eigenvalue weighted by molar-refractivity contribution is 1.15. The highest BCUT2D eigenvalue weighted by Crippen LogP contribution is 2.20. The lowest BCUT2D eigenvalue weighted by Gasteiger charge is -2.01. The molecule has 0 N–H and O–H groups in total. The van der Waals surface area contributed by atoms with Crippen molar-refractivity contribution in [2.45, 2.75) is 27.2 Å². The molecule has 1 heteroatoms. The molecule has 0 spiro atoms. The van der Waals surface area contributed by atoms with Gasteiger partial charge in [0.1, 0.15) is 0 Å². The molecule has 2 rings (SSSR count). The van der Waals surface area contributed by atoms with Crippen LogP contribution in [0.15, 0.2) is 36.4 Å². The van der Waals surface area contributed by atoms with E-state index in [-0.39, 0.29) is 0 Å². The van der Waals surface area contributed by atoms with Gasteiger partial charge in [0.15, 0.2) is 0 Å². The van der Waals surface area contributed by atoms with Gasteiger partial charge in [0.05, 0.1) is 0 Å². The molecule has 0 atom stereocenters. The topological polar surface area (TPSA) is 0 Å². The molecule has 2 aromatic carbocycles. The third kappa shape index (κ3) is 2.97. The highest BCUT2D eigenvalue weighted by Gasteiger charge is 1.95. The number of hydrogen-bond acceptors (Lipinski definition) is 0. The first kappa shape index (κ1) is 12.1. The van der Waals surface area contributed by atoms with Crippen LogP contribution in [0.3, 0.4) is 0 Å². The molecule has 0 unspecified atom stereocenters. The molecule has 0 aliphatic carbocycles. The van der Waals surface area contributed by atoms with E-state index in [1.54, 1.807) is 0 Å². The standard InChI is InChI=1S/C12H11Cl.C2H6/c1-2-9-3-4-10-5-6-12(13)8-11(10)7-9;1-2/h3-8H,2H2,1H3;1-2H3. The van der Waals surface area contributed by atoms with Gasteiger partial charge in [0.25, 0.3) is 0 Å². The summed E-state index contributed by atoms with van der Waals surface area (Å²) in [6.45, 7) is 6.16.